The SMILES string of the molecule is COc1ccc2c(c1)CCCC2Nc1ncnc2nc[nH]c12. The van der Waals surface area contributed by atoms with Gasteiger partial charge in [-0.05, 0) is 42.5 Å². The highest BCUT2D eigenvalue weighted by Gasteiger charge is 2.22. The number of nitrogens with zero attached hydrogens (tertiary/aromatic N) is 3. The largest absolute Gasteiger partial charge is 0.497 e. The van der Waals surface area contributed by atoms with Gasteiger partial charge in [-0.1, -0.05) is 6.07 Å². The monoisotopic (exact) mass is 295 g/mol. The molecule has 2 N–H and O–H groups in total. The number of ether oxygens (including phenoxy) is 1. The van der Waals surface area contributed by atoms with Crippen LogP contribution in [0.5, 0.6) is 5.75 Å². The first-order valence-electron chi connectivity index (χ1n) is 7.42. The van der Waals surface area contributed by atoms with Crippen LogP contribution in [0.1, 0.15) is 30.0 Å². The molecule has 0 bridgehead atoms. The van der Waals surface area contributed by atoms with E-state index in [1.807, 2.05) is 6.07 Å². The molecule has 6 nitrogen and oxygen atoms in total. The number of anilines is 1. The standard InChI is InChI=1S/C16H17N5O/c1-22-11-5-6-12-10(7-11)3-2-4-13(12)21-16-14-15(18-8-17-14)19-9-20-16/h5-9,13H,2-4H2,1H3,(H2,17,18,19,20,21). The molecule has 0 aliphatic heterocycles. The third-order valence-electron chi connectivity index (χ3n) is 4.20. The summed E-state index contributed by atoms with van der Waals surface area (Å²) in [6.07, 6.45) is 6.51. The highest BCUT2D eigenvalue weighted by atomic mass is 16.5. The summed E-state index contributed by atoms with van der Waals surface area (Å²) in [4.78, 5) is 15.8. The zero-order valence-corrected chi connectivity index (χ0v) is 12.3. The van der Waals surface area contributed by atoms with Gasteiger partial charge in [0.15, 0.2) is 11.5 Å². The maximum atomic E-state index is 5.33. The number of hydrogen-bond acceptors (Lipinski definition) is 5. The normalized spacial score (nSPS) is 17.2. The van der Waals surface area contributed by atoms with E-state index in [0.29, 0.717) is 5.65 Å². The van der Waals surface area contributed by atoms with Crippen LogP contribution in [0.25, 0.3) is 11.2 Å². The van der Waals surface area contributed by atoms with Crippen LogP contribution in [0.15, 0.2) is 30.9 Å². The summed E-state index contributed by atoms with van der Waals surface area (Å²) < 4.78 is 5.33. The van der Waals surface area contributed by atoms with Crippen molar-refractivity contribution in [2.24, 2.45) is 0 Å². The van der Waals surface area contributed by atoms with Gasteiger partial charge < -0.3 is 15.0 Å². The van der Waals surface area contributed by atoms with Gasteiger partial charge in [-0.2, -0.15) is 0 Å². The molecule has 0 spiro atoms. The van der Waals surface area contributed by atoms with Crippen molar-refractivity contribution in [3.8, 4) is 5.75 Å². The van der Waals surface area contributed by atoms with Gasteiger partial charge in [0, 0.05) is 0 Å². The number of benzene rings is 1. The minimum absolute atomic E-state index is 0.246. The van der Waals surface area contributed by atoms with E-state index in [4.69, 9.17) is 4.74 Å². The van der Waals surface area contributed by atoms with Crippen molar-refractivity contribution in [3.63, 3.8) is 0 Å². The fraction of sp³-hybridized carbons (Fsp3) is 0.312. The lowest BCUT2D eigenvalue weighted by Crippen LogP contribution is -2.18. The minimum Gasteiger partial charge on any atom is -0.497 e. The first-order chi connectivity index (χ1) is 10.8. The third-order valence-corrected chi connectivity index (χ3v) is 4.20. The summed E-state index contributed by atoms with van der Waals surface area (Å²) in [6, 6.07) is 6.55. The van der Waals surface area contributed by atoms with Gasteiger partial charge in [-0.3, -0.25) is 0 Å². The molecular formula is C16H17N5O. The van der Waals surface area contributed by atoms with Gasteiger partial charge in [0.05, 0.1) is 19.5 Å². The molecule has 0 saturated heterocycles. The molecule has 2 heterocycles. The molecule has 2 aromatic heterocycles. The Morgan fingerprint density at radius 2 is 2.23 bits per heavy atom. The molecule has 0 amide bonds. The Bertz CT molecular complexity index is 813. The average Bonchev–Trinajstić information content (AvgIpc) is 3.04. The van der Waals surface area contributed by atoms with Gasteiger partial charge in [-0.15, -0.1) is 0 Å². The number of aromatic nitrogens is 4. The number of H-pyrrole nitrogens is 1. The molecule has 1 atom stereocenters. The molecule has 3 aromatic rings. The molecule has 4 rings (SSSR count). The van der Waals surface area contributed by atoms with Crippen LogP contribution in [0.4, 0.5) is 5.82 Å². The molecule has 1 unspecified atom stereocenters. The number of imidazole rings is 1. The Morgan fingerprint density at radius 1 is 1.27 bits per heavy atom. The Kier molecular flexibility index (Phi) is 3.14. The van der Waals surface area contributed by atoms with Crippen molar-refractivity contribution in [1.29, 1.82) is 0 Å². The van der Waals surface area contributed by atoms with E-state index in [9.17, 15) is 0 Å². The second-order valence-corrected chi connectivity index (χ2v) is 5.48. The fourth-order valence-electron chi connectivity index (χ4n) is 3.11. The Labute approximate surface area is 128 Å². The predicted octanol–water partition coefficient (Wildman–Crippen LogP) is 2.85. The van der Waals surface area contributed by atoms with E-state index in [0.717, 1.165) is 36.3 Å². The molecule has 6 heteroatoms. The summed E-state index contributed by atoms with van der Waals surface area (Å²) in [5.41, 5.74) is 4.20. The highest BCUT2D eigenvalue weighted by Crippen LogP contribution is 2.34. The van der Waals surface area contributed by atoms with E-state index in [-0.39, 0.29) is 6.04 Å². The zero-order valence-electron chi connectivity index (χ0n) is 12.3. The second-order valence-electron chi connectivity index (χ2n) is 5.48. The fourth-order valence-corrected chi connectivity index (χ4v) is 3.11. The van der Waals surface area contributed by atoms with Gasteiger partial charge in [0.2, 0.25) is 0 Å². The second kappa shape index (κ2) is 5.29. The first kappa shape index (κ1) is 13.1. The average molecular weight is 295 g/mol. The van der Waals surface area contributed by atoms with E-state index in [1.165, 1.54) is 11.1 Å². The minimum atomic E-state index is 0.246. The van der Waals surface area contributed by atoms with Gasteiger partial charge in [-0.25, -0.2) is 15.0 Å². The number of methoxy groups -OCH3 is 1. The quantitative estimate of drug-likeness (QED) is 0.777. The van der Waals surface area contributed by atoms with E-state index >= 15 is 0 Å². The lowest BCUT2D eigenvalue weighted by molar-refractivity contribution is 0.413. The van der Waals surface area contributed by atoms with Crippen molar-refractivity contribution in [2.75, 3.05) is 12.4 Å². The molecule has 22 heavy (non-hydrogen) atoms. The van der Waals surface area contributed by atoms with Crippen molar-refractivity contribution in [3.05, 3.63) is 42.0 Å². The van der Waals surface area contributed by atoms with Crippen LogP contribution in [-0.4, -0.2) is 27.0 Å². The Morgan fingerprint density at radius 3 is 3.14 bits per heavy atom. The zero-order chi connectivity index (χ0) is 14.9. The number of hydrogen-bond donors (Lipinski definition) is 2. The maximum absolute atomic E-state index is 5.33. The van der Waals surface area contributed by atoms with E-state index in [2.05, 4.69) is 37.4 Å². The van der Waals surface area contributed by atoms with Crippen LogP contribution in [0.3, 0.4) is 0 Å². The molecule has 1 aliphatic carbocycles. The Balaban J connectivity index is 1.69. The van der Waals surface area contributed by atoms with Gasteiger partial charge in [0.1, 0.15) is 17.6 Å². The molecule has 1 aliphatic rings. The number of aromatic amines is 1. The summed E-state index contributed by atoms with van der Waals surface area (Å²) >= 11 is 0. The van der Waals surface area contributed by atoms with Gasteiger partial charge in [0.25, 0.3) is 0 Å². The summed E-state index contributed by atoms with van der Waals surface area (Å²) in [6.45, 7) is 0. The number of rotatable bonds is 3. The predicted molar refractivity (Wildman–Crippen MR) is 84.0 cm³/mol. The van der Waals surface area contributed by atoms with E-state index in [1.54, 1.807) is 19.8 Å². The topological polar surface area (TPSA) is 75.7 Å². The number of nitrogens with one attached hydrogen (secondary N) is 2. The molecular weight excluding hydrogens is 278 g/mol. The lowest BCUT2D eigenvalue weighted by Gasteiger charge is -2.27. The summed E-state index contributed by atoms with van der Waals surface area (Å²) in [7, 11) is 1.70. The van der Waals surface area contributed by atoms with Crippen molar-refractivity contribution < 1.29 is 4.74 Å². The maximum Gasteiger partial charge on any atom is 0.182 e. The van der Waals surface area contributed by atoms with Crippen molar-refractivity contribution in [2.45, 2.75) is 25.3 Å². The molecule has 1 aromatic carbocycles. The molecule has 0 fully saturated rings. The van der Waals surface area contributed by atoms with Crippen LogP contribution < -0.4 is 10.1 Å². The number of aryl methyl sites for hydroxylation is 1. The van der Waals surface area contributed by atoms with Crippen molar-refractivity contribution >= 4 is 17.0 Å². The van der Waals surface area contributed by atoms with E-state index < -0.39 is 0 Å². The van der Waals surface area contributed by atoms with Crippen LogP contribution in [0, 0.1) is 0 Å². The van der Waals surface area contributed by atoms with Crippen LogP contribution in [0.2, 0.25) is 0 Å². The smallest absolute Gasteiger partial charge is 0.182 e. The van der Waals surface area contributed by atoms with Crippen LogP contribution in [-0.2, 0) is 6.42 Å². The summed E-state index contributed by atoms with van der Waals surface area (Å²) in [5, 5.41) is 3.54. The highest BCUT2D eigenvalue weighted by molar-refractivity contribution is 5.82. The lowest BCUT2D eigenvalue weighted by atomic mass is 9.87. The first-order valence-corrected chi connectivity index (χ1v) is 7.42. The summed E-state index contributed by atoms with van der Waals surface area (Å²) in [5.74, 6) is 1.72. The van der Waals surface area contributed by atoms with Crippen molar-refractivity contribution in [1.82, 2.24) is 19.9 Å². The Hall–Kier alpha value is -2.63. The third kappa shape index (κ3) is 2.16. The molecule has 112 valence electrons. The van der Waals surface area contributed by atoms with Gasteiger partial charge >= 0.3 is 0 Å². The molecule has 0 radical (unpaired) electrons. The number of fused-ring (bicyclic) bond motifs is 2. The molecule has 0 saturated carbocycles. The van der Waals surface area contributed by atoms with Crippen LogP contribution >= 0.6 is 0 Å².